The molecule has 0 radical (unpaired) electrons. The van der Waals surface area contributed by atoms with Crippen LogP contribution in [0.3, 0.4) is 0 Å². The van der Waals surface area contributed by atoms with E-state index in [-0.39, 0.29) is 23.6 Å². The summed E-state index contributed by atoms with van der Waals surface area (Å²) in [5.74, 6) is -1.26. The zero-order chi connectivity index (χ0) is 19.3. The number of hydrogen-bond donors (Lipinski definition) is 2. The maximum Gasteiger partial charge on any atom is 0.405 e. The normalized spacial score (nSPS) is 11.1. The lowest BCUT2D eigenvalue weighted by molar-refractivity contribution is -0.123. The van der Waals surface area contributed by atoms with E-state index in [0.717, 1.165) is 16.7 Å². The number of anilines is 1. The first kappa shape index (κ1) is 19.5. The Labute approximate surface area is 149 Å². The van der Waals surface area contributed by atoms with Gasteiger partial charge in [0.05, 0.1) is 17.7 Å². The molecule has 4 nitrogen and oxygen atoms in total. The number of rotatable bonds is 5. The lowest BCUT2D eigenvalue weighted by atomic mass is 10.0. The molecular formula is C19H19F3N2O2. The van der Waals surface area contributed by atoms with Gasteiger partial charge in [0.15, 0.2) is 0 Å². The second kappa shape index (κ2) is 8.03. The average molecular weight is 364 g/mol. The number of aryl methyl sites for hydroxylation is 2. The van der Waals surface area contributed by atoms with Crippen LogP contribution in [0.5, 0.6) is 0 Å². The lowest BCUT2D eigenvalue weighted by Crippen LogP contribution is -2.34. The molecule has 0 heterocycles. The van der Waals surface area contributed by atoms with Crippen molar-refractivity contribution in [1.29, 1.82) is 0 Å². The third-order valence-electron chi connectivity index (χ3n) is 3.83. The van der Waals surface area contributed by atoms with Crippen LogP contribution in [0.2, 0.25) is 0 Å². The van der Waals surface area contributed by atoms with E-state index >= 15 is 0 Å². The molecule has 26 heavy (non-hydrogen) atoms. The van der Waals surface area contributed by atoms with E-state index in [2.05, 4.69) is 5.32 Å². The molecule has 0 saturated carbocycles. The first-order valence-corrected chi connectivity index (χ1v) is 7.95. The highest BCUT2D eigenvalue weighted by Crippen LogP contribution is 2.18. The van der Waals surface area contributed by atoms with E-state index in [9.17, 15) is 22.8 Å². The highest BCUT2D eigenvalue weighted by molar-refractivity contribution is 6.04. The van der Waals surface area contributed by atoms with Crippen molar-refractivity contribution in [2.75, 3.05) is 11.9 Å². The van der Waals surface area contributed by atoms with Gasteiger partial charge in [0, 0.05) is 0 Å². The van der Waals surface area contributed by atoms with Crippen molar-refractivity contribution in [3.63, 3.8) is 0 Å². The van der Waals surface area contributed by atoms with Crippen LogP contribution in [0, 0.1) is 13.8 Å². The third-order valence-corrected chi connectivity index (χ3v) is 3.83. The summed E-state index contributed by atoms with van der Waals surface area (Å²) in [6, 6.07) is 11.6. The monoisotopic (exact) mass is 364 g/mol. The number of carbonyl (C=O) groups excluding carboxylic acids is 2. The zero-order valence-electron chi connectivity index (χ0n) is 14.4. The fourth-order valence-electron chi connectivity index (χ4n) is 2.36. The van der Waals surface area contributed by atoms with E-state index in [1.165, 1.54) is 18.2 Å². The Morgan fingerprint density at radius 3 is 2.35 bits per heavy atom. The minimum absolute atomic E-state index is 0.0230. The average Bonchev–Trinajstić information content (AvgIpc) is 2.56. The van der Waals surface area contributed by atoms with Gasteiger partial charge in [0.2, 0.25) is 5.91 Å². The number of hydrogen-bond acceptors (Lipinski definition) is 2. The molecule has 2 aromatic rings. The molecule has 0 atom stereocenters. The summed E-state index contributed by atoms with van der Waals surface area (Å²) in [6.45, 7) is 2.47. The number of benzene rings is 2. The maximum absolute atomic E-state index is 12.3. The van der Waals surface area contributed by atoms with Crippen molar-refractivity contribution in [2.24, 2.45) is 0 Å². The summed E-state index contributed by atoms with van der Waals surface area (Å²) < 4.78 is 36.8. The SMILES string of the molecule is Cc1ccc(CC(=O)Nc2ccccc2C(=O)NCC(F)(F)F)cc1C. The molecule has 0 aromatic heterocycles. The van der Waals surface area contributed by atoms with E-state index in [4.69, 9.17) is 0 Å². The second-order valence-corrected chi connectivity index (χ2v) is 5.99. The molecule has 0 bridgehead atoms. The predicted molar refractivity (Wildman–Crippen MR) is 93.1 cm³/mol. The largest absolute Gasteiger partial charge is 0.405 e. The van der Waals surface area contributed by atoms with Crippen molar-refractivity contribution in [3.05, 3.63) is 64.7 Å². The fraction of sp³-hybridized carbons (Fsp3) is 0.263. The van der Waals surface area contributed by atoms with Gasteiger partial charge in [-0.05, 0) is 42.7 Å². The van der Waals surface area contributed by atoms with Gasteiger partial charge in [-0.1, -0.05) is 30.3 Å². The predicted octanol–water partition coefficient (Wildman–Crippen LogP) is 3.78. The van der Waals surface area contributed by atoms with Crippen LogP contribution in [-0.2, 0) is 11.2 Å². The van der Waals surface area contributed by atoms with Crippen LogP contribution in [-0.4, -0.2) is 24.5 Å². The minimum atomic E-state index is -4.50. The smallest absolute Gasteiger partial charge is 0.343 e. The molecule has 2 amide bonds. The van der Waals surface area contributed by atoms with Crippen molar-refractivity contribution in [3.8, 4) is 0 Å². The van der Waals surface area contributed by atoms with Crippen molar-refractivity contribution >= 4 is 17.5 Å². The van der Waals surface area contributed by atoms with Gasteiger partial charge in [-0.25, -0.2) is 0 Å². The van der Waals surface area contributed by atoms with Crippen LogP contribution in [0.15, 0.2) is 42.5 Å². The van der Waals surface area contributed by atoms with Crippen LogP contribution >= 0.6 is 0 Å². The summed E-state index contributed by atoms with van der Waals surface area (Å²) in [4.78, 5) is 24.2. The number of alkyl halides is 3. The van der Waals surface area contributed by atoms with Gasteiger partial charge >= 0.3 is 6.18 Å². The van der Waals surface area contributed by atoms with E-state index < -0.39 is 18.6 Å². The highest BCUT2D eigenvalue weighted by Gasteiger charge is 2.28. The van der Waals surface area contributed by atoms with Gasteiger partial charge in [-0.2, -0.15) is 13.2 Å². The Morgan fingerprint density at radius 2 is 1.69 bits per heavy atom. The minimum Gasteiger partial charge on any atom is -0.343 e. The highest BCUT2D eigenvalue weighted by atomic mass is 19.4. The number of para-hydroxylation sites is 1. The molecule has 2 aromatic carbocycles. The molecule has 2 N–H and O–H groups in total. The van der Waals surface area contributed by atoms with Crippen LogP contribution in [0.1, 0.15) is 27.0 Å². The first-order chi connectivity index (χ1) is 12.2. The topological polar surface area (TPSA) is 58.2 Å². The van der Waals surface area contributed by atoms with Gasteiger partial charge in [0.1, 0.15) is 6.54 Å². The molecule has 0 unspecified atom stereocenters. The summed E-state index contributed by atoms with van der Waals surface area (Å²) in [5.41, 5.74) is 3.12. The molecule has 0 fully saturated rings. The van der Waals surface area contributed by atoms with Gasteiger partial charge in [-0.3, -0.25) is 9.59 Å². The molecule has 2 rings (SSSR count). The zero-order valence-corrected chi connectivity index (χ0v) is 14.4. The van der Waals surface area contributed by atoms with E-state index in [0.29, 0.717) is 0 Å². The molecule has 0 saturated heterocycles. The Kier molecular flexibility index (Phi) is 6.02. The maximum atomic E-state index is 12.3. The lowest BCUT2D eigenvalue weighted by Gasteiger charge is -2.13. The van der Waals surface area contributed by atoms with Gasteiger partial charge < -0.3 is 10.6 Å². The number of amides is 2. The van der Waals surface area contributed by atoms with Crippen LogP contribution in [0.25, 0.3) is 0 Å². The molecule has 0 aliphatic heterocycles. The van der Waals surface area contributed by atoms with Crippen molar-refractivity contribution < 1.29 is 22.8 Å². The first-order valence-electron chi connectivity index (χ1n) is 7.95. The Balaban J connectivity index is 2.08. The van der Waals surface area contributed by atoms with E-state index in [1.807, 2.05) is 32.0 Å². The summed E-state index contributed by atoms with van der Waals surface area (Å²) >= 11 is 0. The number of halogens is 3. The molecule has 7 heteroatoms. The second-order valence-electron chi connectivity index (χ2n) is 5.99. The van der Waals surface area contributed by atoms with Gasteiger partial charge in [-0.15, -0.1) is 0 Å². The standard InChI is InChI=1S/C19H19F3N2O2/c1-12-7-8-14(9-13(12)2)10-17(25)24-16-6-4-3-5-15(16)18(26)23-11-19(20,21)22/h3-9H,10-11H2,1-2H3,(H,23,26)(H,24,25). The number of nitrogens with one attached hydrogen (secondary N) is 2. The van der Waals surface area contributed by atoms with Crippen molar-refractivity contribution in [1.82, 2.24) is 5.32 Å². The van der Waals surface area contributed by atoms with Crippen LogP contribution < -0.4 is 10.6 Å². The molecular weight excluding hydrogens is 345 g/mol. The summed E-state index contributed by atoms with van der Waals surface area (Å²) in [6.07, 6.45) is -4.41. The fourth-order valence-corrected chi connectivity index (χ4v) is 2.36. The Hall–Kier alpha value is -2.83. The summed E-state index contributed by atoms with van der Waals surface area (Å²) in [5, 5.41) is 4.39. The molecule has 0 spiro atoms. The van der Waals surface area contributed by atoms with Crippen molar-refractivity contribution in [2.45, 2.75) is 26.4 Å². The quantitative estimate of drug-likeness (QED) is 0.848. The molecule has 0 aliphatic carbocycles. The van der Waals surface area contributed by atoms with Gasteiger partial charge in [0.25, 0.3) is 5.91 Å². The van der Waals surface area contributed by atoms with E-state index in [1.54, 1.807) is 11.4 Å². The molecule has 138 valence electrons. The van der Waals surface area contributed by atoms with Crippen LogP contribution in [0.4, 0.5) is 18.9 Å². The molecule has 0 aliphatic rings. The Bertz CT molecular complexity index is 817. The third kappa shape index (κ3) is 5.61. The summed E-state index contributed by atoms with van der Waals surface area (Å²) in [7, 11) is 0. The number of carbonyl (C=O) groups is 2. The Morgan fingerprint density at radius 1 is 1.00 bits per heavy atom.